The molecule has 1 atom stereocenters. The summed E-state index contributed by atoms with van der Waals surface area (Å²) in [5, 5.41) is 9.53. The SMILES string of the molecule is CCCC(CC(=O)O)c1cc(Cl)ccc1OC. The zero-order valence-corrected chi connectivity index (χ0v) is 10.8. The van der Waals surface area contributed by atoms with Crippen LogP contribution in [0.2, 0.25) is 5.02 Å². The molecule has 1 N–H and O–H groups in total. The third-order valence-corrected chi connectivity index (χ3v) is 2.92. The number of methoxy groups -OCH3 is 1. The molecular weight excluding hydrogens is 240 g/mol. The molecule has 0 bridgehead atoms. The molecule has 0 amide bonds. The molecule has 0 aromatic heterocycles. The van der Waals surface area contributed by atoms with Crippen molar-refractivity contribution in [2.24, 2.45) is 0 Å². The molecule has 0 spiro atoms. The lowest BCUT2D eigenvalue weighted by atomic mass is 9.91. The summed E-state index contributed by atoms with van der Waals surface area (Å²) in [6, 6.07) is 5.32. The largest absolute Gasteiger partial charge is 0.496 e. The number of ether oxygens (including phenoxy) is 1. The Bertz CT molecular complexity index is 390. The Morgan fingerprint density at radius 1 is 1.53 bits per heavy atom. The molecule has 0 aliphatic carbocycles. The van der Waals surface area contributed by atoms with Crippen LogP contribution >= 0.6 is 11.6 Å². The molecule has 0 fully saturated rings. The number of hydrogen-bond acceptors (Lipinski definition) is 2. The number of aliphatic carboxylic acids is 1. The van der Waals surface area contributed by atoms with Gasteiger partial charge in [-0.25, -0.2) is 0 Å². The summed E-state index contributed by atoms with van der Waals surface area (Å²) in [6.45, 7) is 2.03. The molecule has 0 saturated heterocycles. The van der Waals surface area contributed by atoms with Crippen molar-refractivity contribution in [1.29, 1.82) is 0 Å². The summed E-state index contributed by atoms with van der Waals surface area (Å²) in [5.41, 5.74) is 0.879. The van der Waals surface area contributed by atoms with Gasteiger partial charge in [0.25, 0.3) is 0 Å². The Labute approximate surface area is 106 Å². The molecule has 1 aromatic rings. The number of carboxylic acids is 1. The van der Waals surface area contributed by atoms with Gasteiger partial charge in [-0.05, 0) is 36.1 Å². The van der Waals surface area contributed by atoms with Crippen LogP contribution in [0, 0.1) is 0 Å². The average molecular weight is 257 g/mol. The molecule has 3 nitrogen and oxygen atoms in total. The molecule has 4 heteroatoms. The smallest absolute Gasteiger partial charge is 0.303 e. The number of carboxylic acid groups (broad SMARTS) is 1. The first-order chi connectivity index (χ1) is 8.08. The van der Waals surface area contributed by atoms with Crippen molar-refractivity contribution in [3.63, 3.8) is 0 Å². The van der Waals surface area contributed by atoms with Gasteiger partial charge in [0.05, 0.1) is 13.5 Å². The van der Waals surface area contributed by atoms with Crippen molar-refractivity contribution in [2.45, 2.75) is 32.1 Å². The maximum Gasteiger partial charge on any atom is 0.303 e. The Morgan fingerprint density at radius 2 is 2.24 bits per heavy atom. The Hall–Kier alpha value is -1.22. The first-order valence-corrected chi connectivity index (χ1v) is 6.01. The van der Waals surface area contributed by atoms with Crippen molar-refractivity contribution < 1.29 is 14.6 Å². The lowest BCUT2D eigenvalue weighted by Crippen LogP contribution is -2.07. The summed E-state index contributed by atoms with van der Waals surface area (Å²) in [4.78, 5) is 10.9. The molecule has 0 aliphatic heterocycles. The molecule has 0 radical (unpaired) electrons. The molecule has 0 saturated carbocycles. The van der Waals surface area contributed by atoms with Crippen LogP contribution in [-0.2, 0) is 4.79 Å². The highest BCUT2D eigenvalue weighted by molar-refractivity contribution is 6.30. The fourth-order valence-electron chi connectivity index (χ4n) is 1.95. The summed E-state index contributed by atoms with van der Waals surface area (Å²) in [5.74, 6) is -0.147. The van der Waals surface area contributed by atoms with Crippen molar-refractivity contribution >= 4 is 17.6 Å². The van der Waals surface area contributed by atoms with E-state index in [9.17, 15) is 4.79 Å². The molecule has 1 aromatic carbocycles. The number of hydrogen-bond donors (Lipinski definition) is 1. The quantitative estimate of drug-likeness (QED) is 0.844. The van der Waals surface area contributed by atoms with Gasteiger partial charge in [-0.2, -0.15) is 0 Å². The van der Waals surface area contributed by atoms with Crippen LogP contribution in [0.1, 0.15) is 37.7 Å². The van der Waals surface area contributed by atoms with E-state index in [0.717, 1.165) is 18.4 Å². The molecular formula is C13H17ClO3. The van der Waals surface area contributed by atoms with E-state index in [2.05, 4.69) is 0 Å². The van der Waals surface area contributed by atoms with E-state index in [-0.39, 0.29) is 12.3 Å². The van der Waals surface area contributed by atoms with Gasteiger partial charge < -0.3 is 9.84 Å². The van der Waals surface area contributed by atoms with Crippen molar-refractivity contribution in [3.8, 4) is 5.75 Å². The number of carbonyl (C=O) groups is 1. The van der Waals surface area contributed by atoms with Gasteiger partial charge in [0.2, 0.25) is 0 Å². The maximum absolute atomic E-state index is 10.9. The normalized spacial score (nSPS) is 12.2. The monoisotopic (exact) mass is 256 g/mol. The minimum Gasteiger partial charge on any atom is -0.496 e. The number of benzene rings is 1. The highest BCUT2D eigenvalue weighted by Crippen LogP contribution is 2.34. The summed E-state index contributed by atoms with van der Waals surface area (Å²) in [7, 11) is 1.58. The van der Waals surface area contributed by atoms with E-state index in [1.807, 2.05) is 6.92 Å². The minimum absolute atomic E-state index is 0.0499. The van der Waals surface area contributed by atoms with E-state index >= 15 is 0 Å². The zero-order chi connectivity index (χ0) is 12.8. The van der Waals surface area contributed by atoms with Gasteiger partial charge >= 0.3 is 5.97 Å². The summed E-state index contributed by atoms with van der Waals surface area (Å²) < 4.78 is 5.26. The van der Waals surface area contributed by atoms with Gasteiger partial charge in [-0.15, -0.1) is 0 Å². The predicted molar refractivity (Wildman–Crippen MR) is 67.9 cm³/mol. The zero-order valence-electron chi connectivity index (χ0n) is 10.1. The Kier molecular flexibility index (Phi) is 5.29. The molecule has 94 valence electrons. The van der Waals surface area contributed by atoms with Crippen LogP contribution in [0.4, 0.5) is 0 Å². The number of rotatable bonds is 6. The number of halogens is 1. The van der Waals surface area contributed by atoms with Crippen molar-refractivity contribution in [2.75, 3.05) is 7.11 Å². The fourth-order valence-corrected chi connectivity index (χ4v) is 2.13. The molecule has 1 unspecified atom stereocenters. The van der Waals surface area contributed by atoms with Gasteiger partial charge in [0.1, 0.15) is 5.75 Å². The van der Waals surface area contributed by atoms with E-state index in [4.69, 9.17) is 21.4 Å². The average Bonchev–Trinajstić information content (AvgIpc) is 2.28. The second-order valence-corrected chi connectivity index (χ2v) is 4.41. The van der Waals surface area contributed by atoms with Gasteiger partial charge in [-0.1, -0.05) is 24.9 Å². The van der Waals surface area contributed by atoms with E-state index in [1.165, 1.54) is 0 Å². The topological polar surface area (TPSA) is 46.5 Å². The van der Waals surface area contributed by atoms with Crippen LogP contribution in [0.15, 0.2) is 18.2 Å². The van der Waals surface area contributed by atoms with Crippen LogP contribution in [0.3, 0.4) is 0 Å². The van der Waals surface area contributed by atoms with Crippen LogP contribution in [0.25, 0.3) is 0 Å². The van der Waals surface area contributed by atoms with E-state index in [0.29, 0.717) is 10.8 Å². The minimum atomic E-state index is -0.800. The van der Waals surface area contributed by atoms with Gasteiger partial charge in [0.15, 0.2) is 0 Å². The second kappa shape index (κ2) is 6.50. The molecule has 0 aliphatic rings. The highest BCUT2D eigenvalue weighted by Gasteiger charge is 2.19. The Morgan fingerprint density at radius 3 is 2.76 bits per heavy atom. The van der Waals surface area contributed by atoms with Crippen molar-refractivity contribution in [1.82, 2.24) is 0 Å². The summed E-state index contributed by atoms with van der Waals surface area (Å²) in [6.07, 6.45) is 1.83. The van der Waals surface area contributed by atoms with Crippen LogP contribution < -0.4 is 4.74 Å². The summed E-state index contributed by atoms with van der Waals surface area (Å²) >= 11 is 5.95. The molecule has 1 rings (SSSR count). The first kappa shape index (κ1) is 13.8. The lowest BCUT2D eigenvalue weighted by Gasteiger charge is -2.18. The molecule has 17 heavy (non-hydrogen) atoms. The fraction of sp³-hybridized carbons (Fsp3) is 0.462. The van der Waals surface area contributed by atoms with Crippen molar-refractivity contribution in [3.05, 3.63) is 28.8 Å². The van der Waals surface area contributed by atoms with Gasteiger partial charge in [0, 0.05) is 5.02 Å². The van der Waals surface area contributed by atoms with Crippen LogP contribution in [0.5, 0.6) is 5.75 Å². The third kappa shape index (κ3) is 3.93. The maximum atomic E-state index is 10.9. The highest BCUT2D eigenvalue weighted by atomic mass is 35.5. The van der Waals surface area contributed by atoms with Crippen LogP contribution in [-0.4, -0.2) is 18.2 Å². The van der Waals surface area contributed by atoms with E-state index in [1.54, 1.807) is 25.3 Å². The standard InChI is InChI=1S/C13H17ClO3/c1-3-4-9(7-13(15)16)11-8-10(14)5-6-12(11)17-2/h5-6,8-9H,3-4,7H2,1-2H3,(H,15,16). The lowest BCUT2D eigenvalue weighted by molar-refractivity contribution is -0.137. The predicted octanol–water partition coefficient (Wildman–Crippen LogP) is 3.71. The first-order valence-electron chi connectivity index (χ1n) is 5.63. The Balaban J connectivity index is 3.06. The third-order valence-electron chi connectivity index (χ3n) is 2.69. The van der Waals surface area contributed by atoms with E-state index < -0.39 is 5.97 Å². The second-order valence-electron chi connectivity index (χ2n) is 3.97. The molecule has 0 heterocycles. The van der Waals surface area contributed by atoms with Gasteiger partial charge in [-0.3, -0.25) is 4.79 Å².